The van der Waals surface area contributed by atoms with Crippen LogP contribution in [0.1, 0.15) is 56.1 Å². The van der Waals surface area contributed by atoms with Gasteiger partial charge < -0.3 is 5.32 Å². The lowest BCUT2D eigenvalue weighted by Gasteiger charge is -2.20. The van der Waals surface area contributed by atoms with Gasteiger partial charge in [-0.25, -0.2) is 0 Å². The Labute approximate surface area is 111 Å². The van der Waals surface area contributed by atoms with E-state index in [1.165, 1.54) is 5.56 Å². The highest BCUT2D eigenvalue weighted by molar-refractivity contribution is 5.94. The quantitative estimate of drug-likeness (QED) is 0.867. The van der Waals surface area contributed by atoms with Crippen molar-refractivity contribution in [2.24, 2.45) is 5.92 Å². The van der Waals surface area contributed by atoms with Crippen LogP contribution < -0.4 is 5.32 Å². The van der Waals surface area contributed by atoms with Crippen LogP contribution in [0.2, 0.25) is 0 Å². The van der Waals surface area contributed by atoms with Crippen molar-refractivity contribution in [2.75, 3.05) is 6.54 Å². The van der Waals surface area contributed by atoms with E-state index >= 15 is 0 Å². The zero-order valence-electron chi connectivity index (χ0n) is 12.4. The Kier molecular flexibility index (Phi) is 4.55. The van der Waals surface area contributed by atoms with Crippen LogP contribution in [0.4, 0.5) is 0 Å². The second kappa shape index (κ2) is 5.55. The number of nitrogens with one attached hydrogen (secondary N) is 1. The number of amides is 1. The second-order valence-corrected chi connectivity index (χ2v) is 6.44. The molecule has 1 aromatic carbocycles. The number of carbonyl (C=O) groups excluding carboxylic acids is 1. The van der Waals surface area contributed by atoms with Gasteiger partial charge in [-0.3, -0.25) is 4.79 Å². The Morgan fingerprint density at radius 1 is 1.22 bits per heavy atom. The molecule has 0 aliphatic rings. The monoisotopic (exact) mass is 247 g/mol. The van der Waals surface area contributed by atoms with Crippen LogP contribution in [0, 0.1) is 12.8 Å². The molecule has 0 atom stereocenters. The van der Waals surface area contributed by atoms with Gasteiger partial charge in [0.15, 0.2) is 0 Å². The minimum atomic E-state index is 0.0258. The molecule has 1 N–H and O–H groups in total. The SMILES string of the molecule is Cc1cc(C(=O)NCC(C)C)cc(C(C)(C)C)c1. The van der Waals surface area contributed by atoms with Gasteiger partial charge in [-0.05, 0) is 36.0 Å². The van der Waals surface area contributed by atoms with E-state index in [0.29, 0.717) is 5.92 Å². The maximum atomic E-state index is 12.1. The van der Waals surface area contributed by atoms with E-state index in [1.54, 1.807) is 0 Å². The average Bonchev–Trinajstić information content (AvgIpc) is 2.23. The molecule has 0 fully saturated rings. The first-order valence-corrected chi connectivity index (χ1v) is 6.60. The molecule has 0 saturated heterocycles. The summed E-state index contributed by atoms with van der Waals surface area (Å²) >= 11 is 0. The molecule has 0 unspecified atom stereocenters. The number of hydrogen-bond acceptors (Lipinski definition) is 1. The van der Waals surface area contributed by atoms with E-state index in [-0.39, 0.29) is 11.3 Å². The summed E-state index contributed by atoms with van der Waals surface area (Å²) in [6, 6.07) is 6.10. The fourth-order valence-corrected chi connectivity index (χ4v) is 1.75. The lowest BCUT2D eigenvalue weighted by atomic mass is 9.85. The highest BCUT2D eigenvalue weighted by atomic mass is 16.1. The van der Waals surface area contributed by atoms with Gasteiger partial charge in [0, 0.05) is 12.1 Å². The van der Waals surface area contributed by atoms with Crippen LogP contribution in [0.3, 0.4) is 0 Å². The van der Waals surface area contributed by atoms with Crippen LogP contribution in [-0.2, 0) is 5.41 Å². The van der Waals surface area contributed by atoms with Gasteiger partial charge in [-0.15, -0.1) is 0 Å². The normalized spacial score (nSPS) is 11.7. The number of hydrogen-bond donors (Lipinski definition) is 1. The first-order valence-electron chi connectivity index (χ1n) is 6.60. The molecule has 0 radical (unpaired) electrons. The summed E-state index contributed by atoms with van der Waals surface area (Å²) in [5, 5.41) is 2.97. The Morgan fingerprint density at radius 3 is 2.33 bits per heavy atom. The minimum absolute atomic E-state index is 0.0258. The van der Waals surface area contributed by atoms with Crippen LogP contribution in [0.5, 0.6) is 0 Å². The molecule has 18 heavy (non-hydrogen) atoms. The van der Waals surface area contributed by atoms with E-state index in [9.17, 15) is 4.79 Å². The van der Waals surface area contributed by atoms with Gasteiger partial charge in [-0.2, -0.15) is 0 Å². The van der Waals surface area contributed by atoms with E-state index in [0.717, 1.165) is 17.7 Å². The van der Waals surface area contributed by atoms with Gasteiger partial charge >= 0.3 is 0 Å². The zero-order valence-corrected chi connectivity index (χ0v) is 12.4. The molecule has 1 rings (SSSR count). The average molecular weight is 247 g/mol. The summed E-state index contributed by atoms with van der Waals surface area (Å²) < 4.78 is 0. The summed E-state index contributed by atoms with van der Waals surface area (Å²) in [4.78, 5) is 12.1. The number of benzene rings is 1. The molecule has 0 heterocycles. The number of carbonyl (C=O) groups is 1. The molecule has 0 saturated carbocycles. The van der Waals surface area contributed by atoms with Gasteiger partial charge in [-0.1, -0.05) is 46.2 Å². The molecule has 1 amide bonds. The molecule has 0 bridgehead atoms. The maximum absolute atomic E-state index is 12.1. The topological polar surface area (TPSA) is 29.1 Å². The Morgan fingerprint density at radius 2 is 1.83 bits per heavy atom. The number of rotatable bonds is 3. The fourth-order valence-electron chi connectivity index (χ4n) is 1.75. The number of aryl methyl sites for hydroxylation is 1. The van der Waals surface area contributed by atoms with Crippen LogP contribution in [-0.4, -0.2) is 12.5 Å². The lowest BCUT2D eigenvalue weighted by molar-refractivity contribution is 0.0949. The van der Waals surface area contributed by atoms with Crippen molar-refractivity contribution < 1.29 is 4.79 Å². The molecule has 0 spiro atoms. The van der Waals surface area contributed by atoms with Crippen LogP contribution >= 0.6 is 0 Å². The van der Waals surface area contributed by atoms with Crippen molar-refractivity contribution in [2.45, 2.75) is 47.0 Å². The third-order valence-electron chi connectivity index (χ3n) is 2.88. The molecular formula is C16H25NO. The van der Waals surface area contributed by atoms with Crippen LogP contribution in [0.15, 0.2) is 18.2 Å². The summed E-state index contributed by atoms with van der Waals surface area (Å²) in [5.41, 5.74) is 3.17. The van der Waals surface area contributed by atoms with Crippen LogP contribution in [0.25, 0.3) is 0 Å². The van der Waals surface area contributed by atoms with E-state index in [1.807, 2.05) is 19.1 Å². The first-order chi connectivity index (χ1) is 8.20. The second-order valence-electron chi connectivity index (χ2n) is 6.44. The Balaban J connectivity index is 2.96. The van der Waals surface area contributed by atoms with Gasteiger partial charge in [0.05, 0.1) is 0 Å². The molecule has 2 nitrogen and oxygen atoms in total. The van der Waals surface area contributed by atoms with E-state index in [4.69, 9.17) is 0 Å². The Hall–Kier alpha value is -1.31. The standard InChI is InChI=1S/C16H25NO/c1-11(2)10-17-15(18)13-7-12(3)8-14(9-13)16(4,5)6/h7-9,11H,10H2,1-6H3,(H,17,18). The summed E-state index contributed by atoms with van der Waals surface area (Å²) in [7, 11) is 0. The van der Waals surface area contributed by atoms with Gasteiger partial charge in [0.25, 0.3) is 5.91 Å². The predicted octanol–water partition coefficient (Wildman–Crippen LogP) is 3.68. The zero-order chi connectivity index (χ0) is 13.9. The van der Waals surface area contributed by atoms with Crippen molar-refractivity contribution in [1.82, 2.24) is 5.32 Å². The molecule has 100 valence electrons. The molecule has 1 aromatic rings. The smallest absolute Gasteiger partial charge is 0.251 e. The third kappa shape index (κ3) is 4.17. The minimum Gasteiger partial charge on any atom is -0.352 e. The van der Waals surface area contributed by atoms with Gasteiger partial charge in [0.1, 0.15) is 0 Å². The maximum Gasteiger partial charge on any atom is 0.251 e. The van der Waals surface area contributed by atoms with E-state index in [2.05, 4.69) is 46.0 Å². The van der Waals surface area contributed by atoms with Crippen molar-refractivity contribution in [3.8, 4) is 0 Å². The molecule has 2 heteroatoms. The van der Waals surface area contributed by atoms with Crippen molar-refractivity contribution in [3.05, 3.63) is 34.9 Å². The summed E-state index contributed by atoms with van der Waals surface area (Å²) in [6.07, 6.45) is 0. The van der Waals surface area contributed by atoms with Crippen molar-refractivity contribution in [3.63, 3.8) is 0 Å². The van der Waals surface area contributed by atoms with Crippen molar-refractivity contribution in [1.29, 1.82) is 0 Å². The highest BCUT2D eigenvalue weighted by Gasteiger charge is 2.16. The third-order valence-corrected chi connectivity index (χ3v) is 2.88. The molecule has 0 aliphatic heterocycles. The summed E-state index contributed by atoms with van der Waals surface area (Å²) in [5.74, 6) is 0.499. The predicted molar refractivity (Wildman–Crippen MR) is 77.1 cm³/mol. The fraction of sp³-hybridized carbons (Fsp3) is 0.562. The molecular weight excluding hydrogens is 222 g/mol. The molecule has 0 aromatic heterocycles. The summed E-state index contributed by atoms with van der Waals surface area (Å²) in [6.45, 7) is 13.4. The highest BCUT2D eigenvalue weighted by Crippen LogP contribution is 2.24. The van der Waals surface area contributed by atoms with E-state index < -0.39 is 0 Å². The largest absolute Gasteiger partial charge is 0.352 e. The first kappa shape index (κ1) is 14.7. The Bertz CT molecular complexity index is 427. The van der Waals surface area contributed by atoms with Crippen molar-refractivity contribution >= 4 is 5.91 Å². The molecule has 0 aliphatic carbocycles. The lowest BCUT2D eigenvalue weighted by Crippen LogP contribution is -2.27. The van der Waals surface area contributed by atoms with Gasteiger partial charge in [0.2, 0.25) is 0 Å².